The lowest BCUT2D eigenvalue weighted by Crippen LogP contribution is -2.46. The summed E-state index contributed by atoms with van der Waals surface area (Å²) in [6.07, 6.45) is 0.974. The van der Waals surface area contributed by atoms with Crippen LogP contribution in [-0.2, 0) is 6.54 Å². The van der Waals surface area contributed by atoms with Gasteiger partial charge in [0.1, 0.15) is 0 Å². The third-order valence-electron chi connectivity index (χ3n) is 5.50. The van der Waals surface area contributed by atoms with E-state index in [-0.39, 0.29) is 30.4 Å². The molecule has 3 aromatic rings. The van der Waals surface area contributed by atoms with Gasteiger partial charge in [-0.15, -0.1) is 24.8 Å². The van der Waals surface area contributed by atoms with E-state index in [1.807, 2.05) is 46.6 Å². The number of anilines is 1. The molecule has 0 bridgehead atoms. The molecule has 0 unspecified atom stereocenters. The van der Waals surface area contributed by atoms with Gasteiger partial charge in [-0.05, 0) is 37.6 Å². The molecule has 0 aliphatic carbocycles. The monoisotopic (exact) mass is 448 g/mol. The standard InChI is InChI=1S/C23H28N4O.2ClH/c1-20-19-23(28)26(27(20)22-11-6-3-7-12-22)14-8-13-24-15-17-25(18-16-24)21-9-4-2-5-10-21;;/h2-7,9-12,19H,8,13-18H2,1H3;2*1H. The first-order chi connectivity index (χ1) is 13.7. The van der Waals surface area contributed by atoms with Crippen LogP contribution in [0.2, 0.25) is 0 Å². The van der Waals surface area contributed by atoms with Crippen molar-refractivity contribution in [1.82, 2.24) is 14.3 Å². The minimum atomic E-state index is 0. The molecule has 0 spiro atoms. The number of benzene rings is 2. The first-order valence-electron chi connectivity index (χ1n) is 10.1. The van der Waals surface area contributed by atoms with Crippen LogP contribution in [0.25, 0.3) is 5.69 Å². The van der Waals surface area contributed by atoms with E-state index >= 15 is 0 Å². The minimum Gasteiger partial charge on any atom is -0.369 e. The van der Waals surface area contributed by atoms with Crippen molar-refractivity contribution in [3.05, 3.63) is 82.8 Å². The van der Waals surface area contributed by atoms with Crippen LogP contribution in [0.15, 0.2) is 71.5 Å². The maximum Gasteiger partial charge on any atom is 0.267 e. The van der Waals surface area contributed by atoms with Crippen LogP contribution in [0.1, 0.15) is 12.1 Å². The maximum atomic E-state index is 12.4. The van der Waals surface area contributed by atoms with Gasteiger partial charge in [-0.2, -0.15) is 0 Å². The van der Waals surface area contributed by atoms with Crippen molar-refractivity contribution in [1.29, 1.82) is 0 Å². The van der Waals surface area contributed by atoms with E-state index in [0.29, 0.717) is 0 Å². The van der Waals surface area contributed by atoms with Crippen LogP contribution < -0.4 is 10.5 Å². The van der Waals surface area contributed by atoms with Crippen molar-refractivity contribution in [2.75, 3.05) is 37.6 Å². The molecule has 7 heteroatoms. The molecule has 1 aliphatic rings. The number of hydrogen-bond donors (Lipinski definition) is 0. The van der Waals surface area contributed by atoms with Crippen LogP contribution in [0.5, 0.6) is 0 Å². The van der Waals surface area contributed by atoms with Crippen LogP contribution in [0.3, 0.4) is 0 Å². The molecule has 5 nitrogen and oxygen atoms in total. The average Bonchev–Trinajstić information content (AvgIpc) is 3.03. The summed E-state index contributed by atoms with van der Waals surface area (Å²) in [6, 6.07) is 22.5. The fourth-order valence-corrected chi connectivity index (χ4v) is 4.04. The molecular formula is C23H30Cl2N4O. The Kier molecular flexibility index (Phi) is 9.03. The molecule has 0 N–H and O–H groups in total. The van der Waals surface area contributed by atoms with Crippen molar-refractivity contribution in [2.24, 2.45) is 0 Å². The molecule has 1 fully saturated rings. The molecule has 0 saturated carbocycles. The molecule has 30 heavy (non-hydrogen) atoms. The highest BCUT2D eigenvalue weighted by Gasteiger charge is 2.17. The van der Waals surface area contributed by atoms with Crippen molar-refractivity contribution >= 4 is 30.5 Å². The van der Waals surface area contributed by atoms with Crippen molar-refractivity contribution in [3.63, 3.8) is 0 Å². The Morgan fingerprint density at radius 2 is 1.33 bits per heavy atom. The fraction of sp³-hybridized carbons (Fsp3) is 0.348. The molecule has 1 aliphatic heterocycles. The highest BCUT2D eigenvalue weighted by atomic mass is 35.5. The predicted molar refractivity (Wildman–Crippen MR) is 129 cm³/mol. The molecule has 0 atom stereocenters. The van der Waals surface area contributed by atoms with Gasteiger partial charge < -0.3 is 4.90 Å². The van der Waals surface area contributed by atoms with Gasteiger partial charge in [0.15, 0.2) is 0 Å². The Balaban J connectivity index is 0.00000160. The highest BCUT2D eigenvalue weighted by Crippen LogP contribution is 2.16. The largest absolute Gasteiger partial charge is 0.369 e. The third-order valence-corrected chi connectivity index (χ3v) is 5.50. The van der Waals surface area contributed by atoms with Gasteiger partial charge in [0.2, 0.25) is 0 Å². The summed E-state index contributed by atoms with van der Waals surface area (Å²) >= 11 is 0. The van der Waals surface area contributed by atoms with Crippen molar-refractivity contribution < 1.29 is 0 Å². The molecule has 4 rings (SSSR count). The Morgan fingerprint density at radius 1 is 0.767 bits per heavy atom. The lowest BCUT2D eigenvalue weighted by molar-refractivity contribution is 0.247. The smallest absolute Gasteiger partial charge is 0.267 e. The number of aryl methyl sites for hydroxylation is 1. The van der Waals surface area contributed by atoms with E-state index in [1.54, 1.807) is 6.07 Å². The second-order valence-electron chi connectivity index (χ2n) is 7.41. The van der Waals surface area contributed by atoms with E-state index in [0.717, 1.165) is 57.1 Å². The third kappa shape index (κ3) is 5.48. The molecule has 1 aromatic heterocycles. The number of piperazine rings is 1. The average molecular weight is 449 g/mol. The molecule has 2 aromatic carbocycles. The van der Waals surface area contributed by atoms with Gasteiger partial charge in [0.25, 0.3) is 5.56 Å². The van der Waals surface area contributed by atoms with Gasteiger partial charge in [-0.3, -0.25) is 14.4 Å². The number of para-hydroxylation sites is 2. The zero-order valence-corrected chi connectivity index (χ0v) is 18.9. The number of hydrogen-bond acceptors (Lipinski definition) is 3. The lowest BCUT2D eigenvalue weighted by Gasteiger charge is -2.36. The quantitative estimate of drug-likeness (QED) is 0.571. The summed E-state index contributed by atoms with van der Waals surface area (Å²) in [5, 5.41) is 0. The molecule has 0 amide bonds. The number of halogens is 2. The SMILES string of the molecule is Cc1cc(=O)n(CCCN2CCN(c3ccccc3)CC2)n1-c1ccccc1.Cl.Cl. The Labute approximate surface area is 190 Å². The molecule has 2 heterocycles. The normalized spacial score (nSPS) is 14.1. The van der Waals surface area contributed by atoms with Crippen molar-refractivity contribution in [2.45, 2.75) is 19.9 Å². The maximum absolute atomic E-state index is 12.4. The molecule has 1 saturated heterocycles. The van der Waals surface area contributed by atoms with E-state index in [1.165, 1.54) is 5.69 Å². The summed E-state index contributed by atoms with van der Waals surface area (Å²) in [5.74, 6) is 0. The molecular weight excluding hydrogens is 419 g/mol. The number of aromatic nitrogens is 2. The van der Waals surface area contributed by atoms with Gasteiger partial charge in [-0.1, -0.05) is 36.4 Å². The summed E-state index contributed by atoms with van der Waals surface area (Å²) < 4.78 is 3.90. The van der Waals surface area contributed by atoms with Crippen LogP contribution in [-0.4, -0.2) is 47.0 Å². The zero-order chi connectivity index (χ0) is 19.3. The fourth-order valence-electron chi connectivity index (χ4n) is 4.04. The minimum absolute atomic E-state index is 0. The Bertz CT molecular complexity index is 948. The molecule has 162 valence electrons. The second-order valence-corrected chi connectivity index (χ2v) is 7.41. The number of nitrogens with zero attached hydrogens (tertiary/aromatic N) is 4. The molecule has 0 radical (unpaired) electrons. The summed E-state index contributed by atoms with van der Waals surface area (Å²) in [4.78, 5) is 17.4. The first kappa shape index (κ1) is 24.1. The summed E-state index contributed by atoms with van der Waals surface area (Å²) in [7, 11) is 0. The van der Waals surface area contributed by atoms with E-state index in [2.05, 4.69) is 40.1 Å². The van der Waals surface area contributed by atoms with E-state index in [9.17, 15) is 4.79 Å². The summed E-state index contributed by atoms with van der Waals surface area (Å²) in [5.41, 5.74) is 3.41. The van der Waals surface area contributed by atoms with Gasteiger partial charge in [0.05, 0.1) is 5.69 Å². The predicted octanol–water partition coefficient (Wildman–Crippen LogP) is 4.00. The summed E-state index contributed by atoms with van der Waals surface area (Å²) in [6.45, 7) is 8.01. The van der Waals surface area contributed by atoms with Crippen LogP contribution in [0, 0.1) is 6.92 Å². The van der Waals surface area contributed by atoms with Gasteiger partial charge in [0, 0.05) is 56.7 Å². The topological polar surface area (TPSA) is 33.4 Å². The van der Waals surface area contributed by atoms with Gasteiger partial charge >= 0.3 is 0 Å². The Hall–Kier alpha value is -2.21. The number of rotatable bonds is 6. The van der Waals surface area contributed by atoms with Gasteiger partial charge in [-0.25, -0.2) is 4.68 Å². The van der Waals surface area contributed by atoms with E-state index < -0.39 is 0 Å². The zero-order valence-electron chi connectivity index (χ0n) is 17.3. The Morgan fingerprint density at radius 3 is 1.93 bits per heavy atom. The van der Waals surface area contributed by atoms with Crippen molar-refractivity contribution in [3.8, 4) is 5.69 Å². The second kappa shape index (κ2) is 11.3. The highest BCUT2D eigenvalue weighted by molar-refractivity contribution is 5.85. The first-order valence-corrected chi connectivity index (χ1v) is 10.1. The lowest BCUT2D eigenvalue weighted by atomic mass is 10.2. The van der Waals surface area contributed by atoms with Crippen LogP contribution in [0.4, 0.5) is 5.69 Å². The van der Waals surface area contributed by atoms with E-state index in [4.69, 9.17) is 0 Å². The van der Waals surface area contributed by atoms with Crippen LogP contribution >= 0.6 is 24.8 Å².